The molecule has 2 aliphatic heterocycles. The fourth-order valence-electron chi connectivity index (χ4n) is 4.64. The van der Waals surface area contributed by atoms with Gasteiger partial charge in [-0.2, -0.15) is 0 Å². The third kappa shape index (κ3) is 3.70. The Morgan fingerprint density at radius 1 is 1.07 bits per heavy atom. The number of nitrogens with zero attached hydrogens (tertiary/aromatic N) is 2. The number of piperidine rings is 1. The Morgan fingerprint density at radius 2 is 1.82 bits per heavy atom. The number of hydrogen-bond donors (Lipinski definition) is 2. The summed E-state index contributed by atoms with van der Waals surface area (Å²) in [5, 5.41) is 20.9. The molecule has 2 aliphatic rings. The van der Waals surface area contributed by atoms with Gasteiger partial charge in [0.25, 0.3) is 0 Å². The van der Waals surface area contributed by atoms with Crippen LogP contribution in [0.2, 0.25) is 0 Å². The third-order valence-electron chi connectivity index (χ3n) is 6.23. The van der Waals surface area contributed by atoms with Gasteiger partial charge in [-0.05, 0) is 36.5 Å². The Kier molecular flexibility index (Phi) is 5.49. The lowest BCUT2D eigenvalue weighted by Crippen LogP contribution is -2.56. The zero-order valence-corrected chi connectivity index (χ0v) is 16.1. The molecular formula is C23H28N2O3. The molecule has 148 valence electrons. The van der Waals surface area contributed by atoms with Gasteiger partial charge in [0.1, 0.15) is 0 Å². The van der Waals surface area contributed by atoms with Crippen LogP contribution in [0, 0.1) is 5.41 Å². The summed E-state index contributed by atoms with van der Waals surface area (Å²) in [5.74, 6) is 0.0906. The van der Waals surface area contributed by atoms with Crippen molar-refractivity contribution in [2.24, 2.45) is 5.41 Å². The first kappa shape index (κ1) is 19.1. The average Bonchev–Trinajstić information content (AvgIpc) is 3.15. The topological polar surface area (TPSA) is 64.0 Å². The number of fused-ring (bicyclic) bond motifs is 1. The first-order valence-electron chi connectivity index (χ1n) is 10.0. The zero-order chi connectivity index (χ0) is 19.6. The van der Waals surface area contributed by atoms with Gasteiger partial charge in [0, 0.05) is 30.7 Å². The van der Waals surface area contributed by atoms with Crippen molar-refractivity contribution in [3.8, 4) is 0 Å². The number of aliphatic hydroxyl groups is 2. The first-order chi connectivity index (χ1) is 13.6. The molecule has 0 saturated carbocycles. The molecule has 5 nitrogen and oxygen atoms in total. The average molecular weight is 380 g/mol. The minimum absolute atomic E-state index is 0.0906. The van der Waals surface area contributed by atoms with Crippen LogP contribution in [-0.2, 0) is 17.6 Å². The highest BCUT2D eigenvalue weighted by Crippen LogP contribution is 2.34. The largest absolute Gasteiger partial charge is 0.396 e. The quantitative estimate of drug-likeness (QED) is 0.831. The maximum Gasteiger partial charge on any atom is 0.241 e. The lowest BCUT2D eigenvalue weighted by molar-refractivity contribution is -0.123. The van der Waals surface area contributed by atoms with Crippen LogP contribution in [0.15, 0.2) is 54.6 Å². The van der Waals surface area contributed by atoms with E-state index in [1.807, 2.05) is 53.4 Å². The minimum Gasteiger partial charge on any atom is -0.396 e. The second kappa shape index (κ2) is 8.03. The molecule has 0 bridgehead atoms. The number of carbonyl (C=O) groups excluding carboxylic acids is 1. The summed E-state index contributed by atoms with van der Waals surface area (Å²) in [4.78, 5) is 16.9. The third-order valence-corrected chi connectivity index (χ3v) is 6.23. The highest BCUT2D eigenvalue weighted by Gasteiger charge is 2.43. The van der Waals surface area contributed by atoms with Gasteiger partial charge in [-0.3, -0.25) is 9.69 Å². The van der Waals surface area contributed by atoms with Crippen molar-refractivity contribution in [3.63, 3.8) is 0 Å². The van der Waals surface area contributed by atoms with Gasteiger partial charge in [0.05, 0.1) is 19.3 Å². The van der Waals surface area contributed by atoms with Crippen molar-refractivity contribution in [1.82, 2.24) is 4.90 Å². The van der Waals surface area contributed by atoms with E-state index < -0.39 is 11.5 Å². The van der Waals surface area contributed by atoms with E-state index in [4.69, 9.17) is 0 Å². The van der Waals surface area contributed by atoms with E-state index in [0.717, 1.165) is 24.2 Å². The van der Waals surface area contributed by atoms with Crippen molar-refractivity contribution in [2.45, 2.75) is 25.4 Å². The number of carbonyl (C=O) groups is 1. The molecule has 1 fully saturated rings. The van der Waals surface area contributed by atoms with Crippen LogP contribution in [0.1, 0.15) is 17.5 Å². The Labute approximate surface area is 166 Å². The molecule has 0 spiro atoms. The number of rotatable bonds is 5. The zero-order valence-electron chi connectivity index (χ0n) is 16.1. The maximum atomic E-state index is 13.0. The molecule has 2 heterocycles. The molecule has 0 radical (unpaired) electrons. The van der Waals surface area contributed by atoms with Crippen molar-refractivity contribution in [1.29, 1.82) is 0 Å². The van der Waals surface area contributed by atoms with Crippen LogP contribution >= 0.6 is 0 Å². The summed E-state index contributed by atoms with van der Waals surface area (Å²) in [6.07, 6.45) is 1.49. The van der Waals surface area contributed by atoms with Gasteiger partial charge in [-0.15, -0.1) is 0 Å². The summed E-state index contributed by atoms with van der Waals surface area (Å²) < 4.78 is 0. The SMILES string of the molecule is O=C(CN1CC[C@H](O)[C@](CO)(Cc2ccccc2)C1)N1CCc2ccccc21. The van der Waals surface area contributed by atoms with E-state index in [-0.39, 0.29) is 12.5 Å². The van der Waals surface area contributed by atoms with E-state index in [2.05, 4.69) is 11.0 Å². The van der Waals surface area contributed by atoms with Crippen LogP contribution in [0.5, 0.6) is 0 Å². The summed E-state index contributed by atoms with van der Waals surface area (Å²) in [6.45, 7) is 2.13. The fourth-order valence-corrected chi connectivity index (χ4v) is 4.64. The highest BCUT2D eigenvalue weighted by molar-refractivity contribution is 5.96. The Hall–Kier alpha value is -2.21. The highest BCUT2D eigenvalue weighted by atomic mass is 16.3. The molecular weight excluding hydrogens is 352 g/mol. The number of amides is 1. The molecule has 4 rings (SSSR count). The van der Waals surface area contributed by atoms with Crippen LogP contribution in [0.4, 0.5) is 5.69 Å². The summed E-state index contributed by atoms with van der Waals surface area (Å²) in [7, 11) is 0. The lowest BCUT2D eigenvalue weighted by atomic mass is 9.73. The monoisotopic (exact) mass is 380 g/mol. The van der Waals surface area contributed by atoms with Crippen molar-refractivity contribution in [3.05, 3.63) is 65.7 Å². The molecule has 2 N–H and O–H groups in total. The first-order valence-corrected chi connectivity index (χ1v) is 10.0. The van der Waals surface area contributed by atoms with Crippen LogP contribution in [0.25, 0.3) is 0 Å². The van der Waals surface area contributed by atoms with Crippen LogP contribution in [0.3, 0.4) is 0 Å². The number of benzene rings is 2. The van der Waals surface area contributed by atoms with Crippen LogP contribution in [-0.4, -0.2) is 59.9 Å². The van der Waals surface area contributed by atoms with Crippen molar-refractivity contribution < 1.29 is 15.0 Å². The number of likely N-dealkylation sites (tertiary alicyclic amines) is 1. The Morgan fingerprint density at radius 3 is 2.61 bits per heavy atom. The molecule has 2 atom stereocenters. The van der Waals surface area contributed by atoms with E-state index in [0.29, 0.717) is 32.5 Å². The molecule has 0 unspecified atom stereocenters. The smallest absolute Gasteiger partial charge is 0.241 e. The van der Waals surface area contributed by atoms with Gasteiger partial charge in [-0.25, -0.2) is 0 Å². The van der Waals surface area contributed by atoms with Gasteiger partial charge in [-0.1, -0.05) is 48.5 Å². The molecule has 1 saturated heterocycles. The predicted molar refractivity (Wildman–Crippen MR) is 109 cm³/mol. The Balaban J connectivity index is 1.46. The summed E-state index contributed by atoms with van der Waals surface area (Å²) in [6, 6.07) is 18.0. The van der Waals surface area contributed by atoms with Crippen LogP contribution < -0.4 is 4.90 Å². The fraction of sp³-hybridized carbons (Fsp3) is 0.435. The van der Waals surface area contributed by atoms with E-state index in [1.54, 1.807) is 0 Å². The predicted octanol–water partition coefficient (Wildman–Crippen LogP) is 1.86. The second-order valence-corrected chi connectivity index (χ2v) is 8.12. The molecule has 2 aromatic carbocycles. The molecule has 0 aliphatic carbocycles. The second-order valence-electron chi connectivity index (χ2n) is 8.12. The Bertz CT molecular complexity index is 826. The number of hydrogen-bond acceptors (Lipinski definition) is 4. The summed E-state index contributed by atoms with van der Waals surface area (Å²) in [5.41, 5.74) is 2.70. The van der Waals surface area contributed by atoms with Crippen molar-refractivity contribution >= 4 is 11.6 Å². The molecule has 2 aromatic rings. The lowest BCUT2D eigenvalue weighted by Gasteiger charge is -2.45. The van der Waals surface area contributed by atoms with Gasteiger partial charge in [0.15, 0.2) is 0 Å². The van der Waals surface area contributed by atoms with E-state index in [1.165, 1.54) is 5.56 Å². The standard InChI is InChI=1S/C23H28N2O3/c26-17-23(14-18-6-2-1-3-7-18)16-24(12-11-21(23)27)15-22(28)25-13-10-19-8-4-5-9-20(19)25/h1-9,21,26-27H,10-17H2/t21-,23+/m0/s1. The number of anilines is 1. The van der Waals surface area contributed by atoms with E-state index in [9.17, 15) is 15.0 Å². The molecule has 1 amide bonds. The van der Waals surface area contributed by atoms with E-state index >= 15 is 0 Å². The molecule has 5 heteroatoms. The summed E-state index contributed by atoms with van der Waals surface area (Å²) >= 11 is 0. The number of aliphatic hydroxyl groups excluding tert-OH is 2. The minimum atomic E-state index is -0.636. The van der Waals surface area contributed by atoms with Gasteiger partial charge in [0.2, 0.25) is 5.91 Å². The normalized spacial score (nSPS) is 24.9. The molecule has 0 aromatic heterocycles. The molecule has 28 heavy (non-hydrogen) atoms. The van der Waals surface area contributed by atoms with Gasteiger partial charge < -0.3 is 15.1 Å². The number of para-hydroxylation sites is 1. The van der Waals surface area contributed by atoms with Crippen molar-refractivity contribution in [2.75, 3.05) is 37.7 Å². The maximum absolute atomic E-state index is 13.0. The van der Waals surface area contributed by atoms with Gasteiger partial charge >= 0.3 is 0 Å².